The van der Waals surface area contributed by atoms with Crippen molar-refractivity contribution in [2.75, 3.05) is 32.8 Å². The second-order valence-corrected chi connectivity index (χ2v) is 8.26. The number of carbonyl (C=O) groups excluding carboxylic acids is 1. The van der Waals surface area contributed by atoms with Crippen LogP contribution >= 0.6 is 0 Å². The monoisotopic (exact) mass is 408 g/mol. The number of hydrogen-bond acceptors (Lipinski definition) is 5. The fourth-order valence-corrected chi connectivity index (χ4v) is 4.17. The first kappa shape index (κ1) is 22.0. The molecule has 1 amide bonds. The Labute approximate surface area is 171 Å². The molecule has 0 saturated carbocycles. The van der Waals surface area contributed by atoms with Crippen LogP contribution in [0.5, 0.6) is 0 Å². The minimum atomic E-state index is -0.937. The molecule has 162 valence electrons. The molecule has 3 rings (SSSR count). The Kier molecular flexibility index (Phi) is 8.27. The number of ether oxygens (including phenoxy) is 1. The SMILES string of the molecule is O=C(NCC(O)CO)C1CC=C(C2CC=C(OCC3CCNCC3)C=C2F)CC1. The van der Waals surface area contributed by atoms with Crippen LogP contribution in [0.3, 0.4) is 0 Å². The molecule has 29 heavy (non-hydrogen) atoms. The van der Waals surface area contributed by atoms with Crippen molar-refractivity contribution in [1.29, 1.82) is 0 Å². The molecular weight excluding hydrogens is 375 g/mol. The average molecular weight is 409 g/mol. The van der Waals surface area contributed by atoms with E-state index in [9.17, 15) is 14.3 Å². The van der Waals surface area contributed by atoms with E-state index in [1.54, 1.807) is 0 Å². The van der Waals surface area contributed by atoms with Crippen LogP contribution in [0.4, 0.5) is 4.39 Å². The predicted octanol–water partition coefficient (Wildman–Crippen LogP) is 1.96. The number of halogens is 1. The molecule has 1 fully saturated rings. The van der Waals surface area contributed by atoms with E-state index in [-0.39, 0.29) is 36.7 Å². The van der Waals surface area contributed by atoms with Crippen LogP contribution in [0.1, 0.15) is 38.5 Å². The van der Waals surface area contributed by atoms with E-state index in [0.717, 1.165) is 31.5 Å². The number of amides is 1. The first-order valence-corrected chi connectivity index (χ1v) is 10.7. The zero-order valence-corrected chi connectivity index (χ0v) is 16.9. The van der Waals surface area contributed by atoms with Gasteiger partial charge in [-0.1, -0.05) is 11.6 Å². The summed E-state index contributed by atoms with van der Waals surface area (Å²) in [6.45, 7) is 2.36. The fourth-order valence-electron chi connectivity index (χ4n) is 4.17. The van der Waals surface area contributed by atoms with E-state index in [4.69, 9.17) is 9.84 Å². The van der Waals surface area contributed by atoms with Crippen molar-refractivity contribution < 1.29 is 24.1 Å². The normalized spacial score (nSPS) is 26.8. The summed E-state index contributed by atoms with van der Waals surface area (Å²) in [5.41, 5.74) is 1.05. The Bertz CT molecular complexity index is 655. The molecule has 0 aromatic carbocycles. The first-order chi connectivity index (χ1) is 14.1. The number of rotatable bonds is 8. The quantitative estimate of drug-likeness (QED) is 0.461. The minimum Gasteiger partial charge on any atom is -0.494 e. The maximum Gasteiger partial charge on any atom is 0.223 e. The topological polar surface area (TPSA) is 90.8 Å². The van der Waals surface area contributed by atoms with Gasteiger partial charge in [0.05, 0.1) is 19.3 Å². The number of aliphatic hydroxyl groups excluding tert-OH is 2. The average Bonchev–Trinajstić information content (AvgIpc) is 2.76. The molecule has 1 heterocycles. The maximum absolute atomic E-state index is 14.7. The molecule has 7 heteroatoms. The molecule has 2 aliphatic carbocycles. The van der Waals surface area contributed by atoms with E-state index in [1.807, 2.05) is 12.2 Å². The maximum atomic E-state index is 14.7. The summed E-state index contributed by atoms with van der Waals surface area (Å²) >= 11 is 0. The van der Waals surface area contributed by atoms with Crippen molar-refractivity contribution in [3.63, 3.8) is 0 Å². The van der Waals surface area contributed by atoms with Crippen LogP contribution in [0, 0.1) is 17.8 Å². The van der Waals surface area contributed by atoms with Gasteiger partial charge >= 0.3 is 0 Å². The van der Waals surface area contributed by atoms with Gasteiger partial charge in [-0.15, -0.1) is 0 Å². The second-order valence-electron chi connectivity index (χ2n) is 8.26. The van der Waals surface area contributed by atoms with Gasteiger partial charge in [0.25, 0.3) is 0 Å². The highest BCUT2D eigenvalue weighted by Gasteiger charge is 2.28. The summed E-state index contributed by atoms with van der Waals surface area (Å²) in [6, 6.07) is 0. The highest BCUT2D eigenvalue weighted by Crippen LogP contribution is 2.37. The van der Waals surface area contributed by atoms with Crippen molar-refractivity contribution in [1.82, 2.24) is 10.6 Å². The van der Waals surface area contributed by atoms with Gasteiger partial charge in [0.15, 0.2) is 0 Å². The molecule has 3 unspecified atom stereocenters. The summed E-state index contributed by atoms with van der Waals surface area (Å²) < 4.78 is 20.5. The molecule has 0 aromatic heterocycles. The number of allylic oxidation sites excluding steroid dienone is 5. The molecule has 4 N–H and O–H groups in total. The standard InChI is InChI=1S/C22H33FN2O4/c23-21-11-19(29-14-15-7-9-24-10-8-15)5-6-20(21)16-1-3-17(4-2-16)22(28)25-12-18(27)13-26/h1,5,11,15,17-18,20,24,26-27H,2-4,6-10,12-14H2,(H,25,28). The zero-order chi connectivity index (χ0) is 20.6. The lowest BCUT2D eigenvalue weighted by Gasteiger charge is -2.28. The van der Waals surface area contributed by atoms with Gasteiger partial charge in [-0.05, 0) is 63.6 Å². The minimum absolute atomic E-state index is 0.0489. The first-order valence-electron chi connectivity index (χ1n) is 10.7. The van der Waals surface area contributed by atoms with Gasteiger partial charge in [0.1, 0.15) is 11.6 Å². The third-order valence-electron chi connectivity index (χ3n) is 6.10. The number of aliphatic hydroxyl groups is 2. The number of piperidine rings is 1. The smallest absolute Gasteiger partial charge is 0.223 e. The third-order valence-corrected chi connectivity index (χ3v) is 6.10. The summed E-state index contributed by atoms with van der Waals surface area (Å²) in [6.07, 6.45) is 9.27. The van der Waals surface area contributed by atoms with Gasteiger partial charge in [0, 0.05) is 24.5 Å². The van der Waals surface area contributed by atoms with E-state index < -0.39 is 6.10 Å². The van der Waals surface area contributed by atoms with Crippen molar-refractivity contribution in [2.45, 2.75) is 44.6 Å². The molecular formula is C22H33FN2O4. The lowest BCUT2D eigenvalue weighted by Crippen LogP contribution is -2.38. The molecule has 0 bridgehead atoms. The van der Waals surface area contributed by atoms with Gasteiger partial charge in [-0.25, -0.2) is 4.39 Å². The van der Waals surface area contributed by atoms with Crippen LogP contribution in [-0.2, 0) is 9.53 Å². The number of hydrogen-bond donors (Lipinski definition) is 4. The molecule has 3 atom stereocenters. The van der Waals surface area contributed by atoms with Crippen LogP contribution < -0.4 is 10.6 Å². The highest BCUT2D eigenvalue weighted by molar-refractivity contribution is 5.79. The van der Waals surface area contributed by atoms with Gasteiger partial charge in [-0.2, -0.15) is 0 Å². The molecule has 1 saturated heterocycles. The largest absolute Gasteiger partial charge is 0.494 e. The summed E-state index contributed by atoms with van der Waals surface area (Å²) in [4.78, 5) is 12.2. The lowest BCUT2D eigenvalue weighted by molar-refractivity contribution is -0.125. The predicted molar refractivity (Wildman–Crippen MR) is 108 cm³/mol. The van der Waals surface area contributed by atoms with E-state index in [1.165, 1.54) is 6.08 Å². The van der Waals surface area contributed by atoms with Crippen molar-refractivity contribution in [3.8, 4) is 0 Å². The fraction of sp³-hybridized carbons (Fsp3) is 0.682. The second kappa shape index (κ2) is 10.9. The Hall–Kier alpha value is -1.70. The lowest BCUT2D eigenvalue weighted by atomic mass is 9.80. The zero-order valence-electron chi connectivity index (χ0n) is 16.9. The van der Waals surface area contributed by atoms with Crippen LogP contribution in [0.25, 0.3) is 0 Å². The van der Waals surface area contributed by atoms with E-state index in [2.05, 4.69) is 10.6 Å². The Morgan fingerprint density at radius 3 is 2.72 bits per heavy atom. The molecule has 3 aliphatic rings. The Balaban J connectivity index is 1.46. The highest BCUT2D eigenvalue weighted by atomic mass is 19.1. The van der Waals surface area contributed by atoms with Crippen LogP contribution in [0.15, 0.2) is 35.4 Å². The summed E-state index contributed by atoms with van der Waals surface area (Å²) in [7, 11) is 0. The van der Waals surface area contributed by atoms with Gasteiger partial charge in [0.2, 0.25) is 5.91 Å². The molecule has 6 nitrogen and oxygen atoms in total. The van der Waals surface area contributed by atoms with Crippen molar-refractivity contribution >= 4 is 5.91 Å². The molecule has 0 spiro atoms. The van der Waals surface area contributed by atoms with Crippen LogP contribution in [0.2, 0.25) is 0 Å². The summed E-state index contributed by atoms with van der Waals surface area (Å²) in [5, 5.41) is 24.1. The van der Waals surface area contributed by atoms with Gasteiger partial charge in [-0.3, -0.25) is 4.79 Å². The van der Waals surface area contributed by atoms with Gasteiger partial charge < -0.3 is 25.6 Å². The van der Waals surface area contributed by atoms with Crippen molar-refractivity contribution in [2.24, 2.45) is 17.8 Å². The molecule has 1 aliphatic heterocycles. The Morgan fingerprint density at radius 2 is 2.07 bits per heavy atom. The van der Waals surface area contributed by atoms with E-state index in [0.29, 0.717) is 44.0 Å². The Morgan fingerprint density at radius 1 is 1.28 bits per heavy atom. The van der Waals surface area contributed by atoms with Crippen LogP contribution in [-0.4, -0.2) is 55.1 Å². The molecule has 0 aromatic rings. The number of carbonyl (C=O) groups is 1. The third kappa shape index (κ3) is 6.39. The molecule has 0 radical (unpaired) electrons. The number of nitrogens with one attached hydrogen (secondary N) is 2. The van der Waals surface area contributed by atoms with E-state index >= 15 is 0 Å². The van der Waals surface area contributed by atoms with Crippen molar-refractivity contribution in [3.05, 3.63) is 35.4 Å². The summed E-state index contributed by atoms with van der Waals surface area (Å²) in [5.74, 6) is 0.470.